The molecule has 6 nitrogen and oxygen atoms in total. The summed E-state index contributed by atoms with van der Waals surface area (Å²) in [6, 6.07) is 6.34. The number of fused-ring (bicyclic) bond motifs is 2. The van der Waals surface area contributed by atoms with E-state index in [0.717, 1.165) is 63.0 Å². The minimum absolute atomic E-state index is 0.00780. The first-order chi connectivity index (χ1) is 14.4. The zero-order valence-corrected chi connectivity index (χ0v) is 18.5. The van der Waals surface area contributed by atoms with Crippen LogP contribution in [0.2, 0.25) is 0 Å². The Morgan fingerprint density at radius 2 is 1.77 bits per heavy atom. The van der Waals surface area contributed by atoms with E-state index < -0.39 is 0 Å². The summed E-state index contributed by atoms with van der Waals surface area (Å²) >= 11 is 0. The van der Waals surface area contributed by atoms with Gasteiger partial charge in [0.15, 0.2) is 0 Å². The first-order valence-corrected chi connectivity index (χ1v) is 11.4. The van der Waals surface area contributed by atoms with E-state index in [0.29, 0.717) is 6.42 Å². The van der Waals surface area contributed by atoms with Crippen LogP contribution in [0.4, 0.5) is 0 Å². The van der Waals surface area contributed by atoms with Crippen LogP contribution < -0.4 is 5.32 Å². The van der Waals surface area contributed by atoms with Gasteiger partial charge in [0.05, 0.1) is 24.5 Å². The largest absolute Gasteiger partial charge is 0.371 e. The number of hydrogen-bond donors (Lipinski definition) is 1. The molecule has 0 saturated carbocycles. The van der Waals surface area contributed by atoms with E-state index in [-0.39, 0.29) is 36.0 Å². The molecule has 3 heterocycles. The molecule has 30 heavy (non-hydrogen) atoms. The number of aryl methyl sites for hydroxylation is 2. The Bertz CT molecular complexity index is 784. The molecule has 1 aromatic rings. The molecule has 1 aromatic carbocycles. The first-order valence-electron chi connectivity index (χ1n) is 11.4. The van der Waals surface area contributed by atoms with Crippen molar-refractivity contribution in [2.24, 2.45) is 5.92 Å². The monoisotopic (exact) mass is 413 g/mol. The van der Waals surface area contributed by atoms with Crippen LogP contribution in [-0.4, -0.2) is 73.1 Å². The number of nitrogens with one attached hydrogen (secondary N) is 1. The first kappa shape index (κ1) is 21.3. The van der Waals surface area contributed by atoms with Crippen LogP contribution in [0.15, 0.2) is 18.2 Å². The highest BCUT2D eigenvalue weighted by molar-refractivity contribution is 5.80. The summed E-state index contributed by atoms with van der Waals surface area (Å²) in [6.45, 7) is 7.14. The summed E-state index contributed by atoms with van der Waals surface area (Å²) in [4.78, 5) is 30.1. The molecule has 0 aromatic heterocycles. The van der Waals surface area contributed by atoms with E-state index >= 15 is 0 Å². The number of rotatable bonds is 4. The van der Waals surface area contributed by atoms with E-state index in [4.69, 9.17) is 4.74 Å². The SMILES string of the molecule is Cc1ccc(C)c(CC(=O)N[C@H]2CC[C@@H](C(=O)N3C[C@H]4CC[C@@H](C3)O4)CN(C)C2)c1. The Kier molecular flexibility index (Phi) is 6.44. The van der Waals surface area contributed by atoms with Crippen molar-refractivity contribution in [3.63, 3.8) is 0 Å². The van der Waals surface area contributed by atoms with Gasteiger partial charge in [-0.1, -0.05) is 23.8 Å². The average Bonchev–Trinajstić information content (AvgIpc) is 2.92. The second-order valence-corrected chi connectivity index (χ2v) is 9.57. The zero-order valence-electron chi connectivity index (χ0n) is 18.5. The Morgan fingerprint density at radius 1 is 1.03 bits per heavy atom. The number of carbonyl (C=O) groups excluding carboxylic acids is 2. The summed E-state index contributed by atoms with van der Waals surface area (Å²) in [7, 11) is 2.05. The van der Waals surface area contributed by atoms with Gasteiger partial charge in [-0.15, -0.1) is 0 Å². The third-order valence-electron chi connectivity index (χ3n) is 6.85. The summed E-state index contributed by atoms with van der Waals surface area (Å²) in [5.41, 5.74) is 3.42. The number of likely N-dealkylation sites (tertiary alicyclic amines) is 2. The fourth-order valence-electron chi connectivity index (χ4n) is 5.23. The van der Waals surface area contributed by atoms with E-state index in [2.05, 4.69) is 49.3 Å². The third-order valence-corrected chi connectivity index (χ3v) is 6.85. The Labute approximate surface area is 179 Å². The Balaban J connectivity index is 1.32. The predicted octanol–water partition coefficient (Wildman–Crippen LogP) is 2.06. The van der Waals surface area contributed by atoms with Crippen molar-refractivity contribution in [1.29, 1.82) is 0 Å². The molecule has 4 rings (SSSR count). The van der Waals surface area contributed by atoms with E-state index in [1.807, 2.05) is 4.90 Å². The average molecular weight is 414 g/mol. The highest BCUT2D eigenvalue weighted by atomic mass is 16.5. The quantitative estimate of drug-likeness (QED) is 0.821. The summed E-state index contributed by atoms with van der Waals surface area (Å²) in [6.07, 6.45) is 4.69. The lowest BCUT2D eigenvalue weighted by atomic mass is 9.99. The van der Waals surface area contributed by atoms with Gasteiger partial charge in [0.2, 0.25) is 11.8 Å². The maximum atomic E-state index is 13.2. The van der Waals surface area contributed by atoms with Crippen molar-refractivity contribution in [2.45, 2.75) is 64.2 Å². The molecule has 1 N–H and O–H groups in total. The normalized spacial score (nSPS) is 29.5. The zero-order chi connectivity index (χ0) is 21.3. The van der Waals surface area contributed by atoms with Gasteiger partial charge in [-0.25, -0.2) is 0 Å². The molecular weight excluding hydrogens is 378 g/mol. The minimum atomic E-state index is 0.00780. The van der Waals surface area contributed by atoms with Crippen LogP contribution in [0.1, 0.15) is 42.4 Å². The predicted molar refractivity (Wildman–Crippen MR) is 116 cm³/mol. The fraction of sp³-hybridized carbons (Fsp3) is 0.667. The number of amides is 2. The van der Waals surface area contributed by atoms with Crippen molar-refractivity contribution >= 4 is 11.8 Å². The summed E-state index contributed by atoms with van der Waals surface area (Å²) in [5, 5.41) is 3.22. The lowest BCUT2D eigenvalue weighted by Gasteiger charge is -2.34. The number of hydrogen-bond acceptors (Lipinski definition) is 4. The standard InChI is InChI=1S/C24H35N3O3/c1-16-4-5-17(2)19(10-16)11-23(28)25-20-7-6-18(12-26(3)13-20)24(29)27-14-21-8-9-22(15-27)30-21/h4-5,10,18,20-22H,6-9,11-15H2,1-3H3,(H,25,28)/t18-,20+,21-,22+/m1/s1. The lowest BCUT2D eigenvalue weighted by Crippen LogP contribution is -2.49. The smallest absolute Gasteiger partial charge is 0.227 e. The Morgan fingerprint density at radius 3 is 2.50 bits per heavy atom. The number of nitrogens with zero attached hydrogens (tertiary/aromatic N) is 2. The van der Waals surface area contributed by atoms with Crippen LogP contribution in [0.5, 0.6) is 0 Å². The minimum Gasteiger partial charge on any atom is -0.371 e. The number of carbonyl (C=O) groups is 2. The van der Waals surface area contributed by atoms with Gasteiger partial charge in [-0.05, 0) is 57.7 Å². The van der Waals surface area contributed by atoms with Crippen molar-refractivity contribution in [2.75, 3.05) is 33.2 Å². The number of likely N-dealkylation sites (N-methyl/N-ethyl adjacent to an activating group) is 1. The Hall–Kier alpha value is -1.92. The van der Waals surface area contributed by atoms with Crippen molar-refractivity contribution in [3.8, 4) is 0 Å². The molecule has 3 aliphatic heterocycles. The summed E-state index contributed by atoms with van der Waals surface area (Å²) < 4.78 is 5.88. The van der Waals surface area contributed by atoms with E-state index in [9.17, 15) is 9.59 Å². The topological polar surface area (TPSA) is 61.9 Å². The molecule has 2 bridgehead atoms. The molecule has 3 fully saturated rings. The molecule has 0 radical (unpaired) electrons. The van der Waals surface area contributed by atoms with Gasteiger partial charge in [-0.2, -0.15) is 0 Å². The number of ether oxygens (including phenoxy) is 1. The molecule has 0 unspecified atom stereocenters. The van der Waals surface area contributed by atoms with Crippen LogP contribution in [0, 0.1) is 19.8 Å². The lowest BCUT2D eigenvalue weighted by molar-refractivity contribution is -0.144. The number of benzene rings is 1. The van der Waals surface area contributed by atoms with Crippen molar-refractivity contribution in [3.05, 3.63) is 34.9 Å². The molecule has 3 aliphatic rings. The van der Waals surface area contributed by atoms with Gasteiger partial charge < -0.3 is 19.9 Å². The molecule has 3 saturated heterocycles. The van der Waals surface area contributed by atoms with Gasteiger partial charge in [0.1, 0.15) is 0 Å². The van der Waals surface area contributed by atoms with Crippen LogP contribution in [0.3, 0.4) is 0 Å². The van der Waals surface area contributed by atoms with Crippen LogP contribution >= 0.6 is 0 Å². The highest BCUT2D eigenvalue weighted by Crippen LogP contribution is 2.28. The van der Waals surface area contributed by atoms with Gasteiger partial charge >= 0.3 is 0 Å². The fourth-order valence-corrected chi connectivity index (χ4v) is 5.23. The molecule has 4 atom stereocenters. The van der Waals surface area contributed by atoms with Crippen molar-refractivity contribution in [1.82, 2.24) is 15.1 Å². The van der Waals surface area contributed by atoms with Crippen LogP contribution in [-0.2, 0) is 20.7 Å². The third kappa shape index (κ3) is 5.03. The molecule has 6 heteroatoms. The maximum Gasteiger partial charge on any atom is 0.227 e. The maximum absolute atomic E-state index is 13.2. The van der Waals surface area contributed by atoms with Crippen LogP contribution in [0.25, 0.3) is 0 Å². The van der Waals surface area contributed by atoms with Gasteiger partial charge in [0.25, 0.3) is 0 Å². The molecule has 0 aliphatic carbocycles. The van der Waals surface area contributed by atoms with E-state index in [1.165, 1.54) is 5.56 Å². The van der Waals surface area contributed by atoms with Crippen molar-refractivity contribution < 1.29 is 14.3 Å². The molecule has 2 amide bonds. The van der Waals surface area contributed by atoms with Gasteiger partial charge in [-0.3, -0.25) is 9.59 Å². The van der Waals surface area contributed by atoms with E-state index in [1.54, 1.807) is 0 Å². The molecular formula is C24H35N3O3. The number of morpholine rings is 1. The highest BCUT2D eigenvalue weighted by Gasteiger charge is 2.38. The molecule has 0 spiro atoms. The molecule has 164 valence electrons. The summed E-state index contributed by atoms with van der Waals surface area (Å²) in [5.74, 6) is 0.342. The second kappa shape index (κ2) is 9.06. The van der Waals surface area contributed by atoms with Gasteiger partial charge in [0, 0.05) is 32.2 Å². The second-order valence-electron chi connectivity index (χ2n) is 9.57.